The van der Waals surface area contributed by atoms with E-state index in [-0.39, 0.29) is 0 Å². The molecule has 2 aromatic heterocycles. The fraction of sp³-hybridized carbons (Fsp3) is 0.0702. The third-order valence-electron chi connectivity index (χ3n) is 13.5. The molecule has 0 saturated heterocycles. The van der Waals surface area contributed by atoms with E-state index >= 15 is 0 Å². The quantitative estimate of drug-likeness (QED) is 0.158. The number of benzene rings is 9. The molecule has 0 spiro atoms. The summed E-state index contributed by atoms with van der Waals surface area (Å²) in [4.78, 5) is 5.83. The first-order valence-corrected chi connectivity index (χ1v) is 21.9. The molecule has 1 unspecified atom stereocenters. The number of hydrogen-bond donors (Lipinski definition) is 0. The number of thiophene rings is 1. The lowest BCUT2D eigenvalue weighted by Crippen LogP contribution is -2.42. The Bertz CT molecular complexity index is 3680. The van der Waals surface area contributed by atoms with Crippen LogP contribution in [0.25, 0.3) is 92.3 Å². The van der Waals surface area contributed by atoms with Gasteiger partial charge < -0.3 is 4.57 Å². The molecule has 3 heteroatoms. The molecular formula is C57H38N2S. The molecule has 1 fully saturated rings. The Kier molecular flexibility index (Phi) is 7.32. The first-order valence-electron chi connectivity index (χ1n) is 21.0. The van der Waals surface area contributed by atoms with Crippen LogP contribution in [0.5, 0.6) is 0 Å². The van der Waals surface area contributed by atoms with Gasteiger partial charge in [-0.2, -0.15) is 0 Å². The van der Waals surface area contributed by atoms with E-state index in [2.05, 4.69) is 200 Å². The number of para-hydroxylation sites is 2. The minimum atomic E-state index is 0.369. The van der Waals surface area contributed by atoms with E-state index in [9.17, 15) is 0 Å². The second-order valence-corrected chi connectivity index (χ2v) is 17.7. The summed E-state index contributed by atoms with van der Waals surface area (Å²) in [6, 6.07) is 69.4. The summed E-state index contributed by atoms with van der Waals surface area (Å²) in [7, 11) is 0. The van der Waals surface area contributed by atoms with E-state index in [0.717, 1.165) is 17.7 Å². The van der Waals surface area contributed by atoms with Crippen molar-refractivity contribution in [1.82, 2.24) is 4.57 Å². The molecule has 2 bridgehead atoms. The minimum Gasteiger partial charge on any atom is -0.309 e. The third kappa shape index (κ3) is 4.90. The van der Waals surface area contributed by atoms with Crippen molar-refractivity contribution in [3.63, 3.8) is 0 Å². The highest BCUT2D eigenvalue weighted by Gasteiger charge is 2.39. The Morgan fingerprint density at radius 2 is 1.02 bits per heavy atom. The van der Waals surface area contributed by atoms with Gasteiger partial charge in [-0.05, 0) is 97.7 Å². The Morgan fingerprint density at radius 3 is 1.70 bits per heavy atom. The van der Waals surface area contributed by atoms with Gasteiger partial charge in [0, 0.05) is 43.2 Å². The van der Waals surface area contributed by atoms with Crippen molar-refractivity contribution in [2.24, 2.45) is 16.8 Å². The van der Waals surface area contributed by atoms with E-state index in [1.165, 1.54) is 102 Å². The van der Waals surface area contributed by atoms with Gasteiger partial charge in [0.05, 0.1) is 27.0 Å². The molecule has 0 radical (unpaired) electrons. The van der Waals surface area contributed by atoms with Crippen LogP contribution in [-0.4, -0.2) is 10.3 Å². The van der Waals surface area contributed by atoms with Crippen molar-refractivity contribution >= 4 is 92.5 Å². The van der Waals surface area contributed by atoms with Crippen molar-refractivity contribution < 1.29 is 0 Å². The van der Waals surface area contributed by atoms with Crippen LogP contribution in [0.1, 0.15) is 24.5 Å². The summed E-state index contributed by atoms with van der Waals surface area (Å²) in [6.07, 6.45) is 1.04. The number of nitrogens with zero attached hydrogens (tertiary/aromatic N) is 2. The second-order valence-electron chi connectivity index (χ2n) is 16.6. The number of fused-ring (bicyclic) bond motifs is 11. The zero-order chi connectivity index (χ0) is 39.5. The molecule has 14 rings (SSSR count). The lowest BCUT2D eigenvalue weighted by atomic mass is 9.65. The summed E-state index contributed by atoms with van der Waals surface area (Å²) >= 11 is 1.91. The van der Waals surface area contributed by atoms with Crippen molar-refractivity contribution in [3.8, 4) is 16.8 Å². The summed E-state index contributed by atoms with van der Waals surface area (Å²) in [5.74, 6) is 0.783. The van der Waals surface area contributed by atoms with Gasteiger partial charge in [-0.3, -0.25) is 4.99 Å². The van der Waals surface area contributed by atoms with Gasteiger partial charge in [0.25, 0.3) is 0 Å². The normalized spacial score (nSPS) is 17.3. The lowest BCUT2D eigenvalue weighted by Gasteiger charge is -2.39. The molecule has 11 aromatic rings. The van der Waals surface area contributed by atoms with Gasteiger partial charge >= 0.3 is 0 Å². The van der Waals surface area contributed by atoms with Gasteiger partial charge in [-0.15, -0.1) is 11.3 Å². The Labute approximate surface area is 351 Å². The van der Waals surface area contributed by atoms with Crippen LogP contribution in [0.2, 0.25) is 0 Å². The first-order chi connectivity index (χ1) is 29.7. The highest BCUT2D eigenvalue weighted by atomic mass is 32.1. The number of hydrogen-bond acceptors (Lipinski definition) is 2. The molecule has 60 heavy (non-hydrogen) atoms. The van der Waals surface area contributed by atoms with Crippen LogP contribution >= 0.6 is 11.3 Å². The van der Waals surface area contributed by atoms with E-state index < -0.39 is 0 Å². The van der Waals surface area contributed by atoms with Crippen LogP contribution in [0.15, 0.2) is 193 Å². The van der Waals surface area contributed by atoms with E-state index in [1.807, 2.05) is 11.3 Å². The van der Waals surface area contributed by atoms with Crippen LogP contribution in [-0.2, 0) is 0 Å². The Balaban J connectivity index is 1.06. The first kappa shape index (κ1) is 33.9. The molecule has 0 amide bonds. The molecule has 2 atom stereocenters. The van der Waals surface area contributed by atoms with Crippen molar-refractivity contribution in [1.29, 1.82) is 0 Å². The largest absolute Gasteiger partial charge is 0.309 e. The van der Waals surface area contributed by atoms with Crippen molar-refractivity contribution in [3.05, 3.63) is 209 Å². The standard InChI is InChI=1S/C57H38N2S/c1-34-48-33-49(34)55(35-14-3-2-4-15-35)58-56(38-27-28-44-42-20-6-5-18-40(42)41-19-7-8-21-43(41)50(44)31-38)57-54(48)47-29-26-37(32-53(47)60-57)36-16-13-17-39(30-36)59-51-24-11-9-22-45(51)46-23-10-12-25-52(46)59/h2-32,34,49H,33H2,1H3/b54-48?,57-56+,58-55?/t34-,49?/m1/s1. The fourth-order valence-electron chi connectivity index (χ4n) is 10.5. The second kappa shape index (κ2) is 13.0. The van der Waals surface area contributed by atoms with Gasteiger partial charge in [-0.1, -0.05) is 164 Å². The van der Waals surface area contributed by atoms with Gasteiger partial charge in [-0.25, -0.2) is 0 Å². The predicted octanol–water partition coefficient (Wildman–Crippen LogP) is 13.6. The minimum absolute atomic E-state index is 0.369. The molecule has 282 valence electrons. The third-order valence-corrected chi connectivity index (χ3v) is 14.7. The monoisotopic (exact) mass is 782 g/mol. The smallest absolute Gasteiger partial charge is 0.0884 e. The zero-order valence-corrected chi connectivity index (χ0v) is 33.9. The highest BCUT2D eigenvalue weighted by molar-refractivity contribution is 7.17. The average Bonchev–Trinajstić information content (AvgIpc) is 3.84. The average molecular weight is 783 g/mol. The maximum absolute atomic E-state index is 5.83. The van der Waals surface area contributed by atoms with E-state index in [1.54, 1.807) is 5.57 Å². The van der Waals surface area contributed by atoms with E-state index in [4.69, 9.17) is 4.99 Å². The zero-order valence-electron chi connectivity index (χ0n) is 33.1. The molecule has 2 aliphatic heterocycles. The van der Waals surface area contributed by atoms with Crippen LogP contribution in [0.3, 0.4) is 0 Å². The van der Waals surface area contributed by atoms with Crippen LogP contribution in [0.4, 0.5) is 0 Å². The maximum atomic E-state index is 5.83. The molecule has 3 aliphatic rings. The Hall–Kier alpha value is -7.07. The summed E-state index contributed by atoms with van der Waals surface area (Å²) in [6.45, 7) is 2.42. The summed E-state index contributed by atoms with van der Waals surface area (Å²) in [5.41, 5.74) is 12.3. The molecule has 2 nitrogen and oxygen atoms in total. The van der Waals surface area contributed by atoms with Gasteiger partial charge in [0.15, 0.2) is 0 Å². The van der Waals surface area contributed by atoms with E-state index in [0.29, 0.717) is 11.8 Å². The molecule has 4 heterocycles. The highest BCUT2D eigenvalue weighted by Crippen LogP contribution is 2.45. The summed E-state index contributed by atoms with van der Waals surface area (Å²) in [5, 5.41) is 13.0. The topological polar surface area (TPSA) is 17.3 Å². The lowest BCUT2D eigenvalue weighted by molar-refractivity contribution is 0.460. The number of aliphatic imine (C=N–C) groups is 1. The molecule has 0 N–H and O–H groups in total. The predicted molar refractivity (Wildman–Crippen MR) is 256 cm³/mol. The van der Waals surface area contributed by atoms with Crippen molar-refractivity contribution in [2.45, 2.75) is 13.3 Å². The number of rotatable bonds is 4. The summed E-state index contributed by atoms with van der Waals surface area (Å²) < 4.78 is 4.99. The van der Waals surface area contributed by atoms with Gasteiger partial charge in [0.1, 0.15) is 0 Å². The fourth-order valence-corrected chi connectivity index (χ4v) is 11.8. The maximum Gasteiger partial charge on any atom is 0.0884 e. The molecule has 1 aliphatic carbocycles. The molecular weight excluding hydrogens is 745 g/mol. The van der Waals surface area contributed by atoms with Gasteiger partial charge in [0.2, 0.25) is 0 Å². The SMILES string of the molecule is C[C@@H]1C2=c3/c(sc4cc(-c5cccc(-n6c7ccccc7c7ccccc76)c5)ccc34)=C(/c3ccc4c5ccccc5c5ccccc5c4c3)N=C(c3ccccc3)C1C2. The van der Waals surface area contributed by atoms with Crippen molar-refractivity contribution in [2.75, 3.05) is 0 Å². The van der Waals surface area contributed by atoms with Crippen LogP contribution in [0, 0.1) is 11.8 Å². The molecule has 9 aromatic carbocycles. The van der Waals surface area contributed by atoms with Crippen LogP contribution < -0.4 is 9.75 Å². The Morgan fingerprint density at radius 1 is 0.467 bits per heavy atom. The molecule has 1 saturated carbocycles. The number of aromatic nitrogens is 1.